The summed E-state index contributed by atoms with van der Waals surface area (Å²) in [7, 11) is 1.52. The van der Waals surface area contributed by atoms with E-state index in [0.29, 0.717) is 41.5 Å². The molecule has 1 saturated heterocycles. The minimum atomic E-state index is -4.37. The Morgan fingerprint density at radius 1 is 1.14 bits per heavy atom. The van der Waals surface area contributed by atoms with Crippen LogP contribution in [0.5, 0.6) is 11.6 Å². The third kappa shape index (κ3) is 6.78. The summed E-state index contributed by atoms with van der Waals surface area (Å²) in [4.78, 5) is 12.1. The molecule has 2 aromatic carbocycles. The average Bonchev–Trinajstić information content (AvgIpc) is 3.29. The highest BCUT2D eigenvalue weighted by atomic mass is 19.4. The minimum absolute atomic E-state index is 0.0650. The molecule has 1 amide bonds. The number of carbonyl (C=O) groups is 1. The standard InChI is InChI=1S/C26H28F3N3O4/c1-34-25-15-20(14-18-5-7-19(8-6-18)26(27,28)29)31-32(25)21-9-11-22(12-10-21)36-17-24(33)30-16-23-4-2-3-13-35-23/h5-12,15,23H,2-4,13-14,16-17H2,1H3,(H,30,33). The number of hydrogen-bond donors (Lipinski definition) is 1. The van der Waals surface area contributed by atoms with E-state index in [9.17, 15) is 18.0 Å². The van der Waals surface area contributed by atoms with Crippen molar-refractivity contribution in [1.82, 2.24) is 15.1 Å². The summed E-state index contributed by atoms with van der Waals surface area (Å²) in [6.07, 6.45) is -0.826. The van der Waals surface area contributed by atoms with Crippen molar-refractivity contribution >= 4 is 5.91 Å². The first-order chi connectivity index (χ1) is 17.3. The number of halogens is 3. The zero-order valence-electron chi connectivity index (χ0n) is 19.9. The van der Waals surface area contributed by atoms with Crippen LogP contribution in [0, 0.1) is 0 Å². The number of hydrogen-bond acceptors (Lipinski definition) is 5. The number of methoxy groups -OCH3 is 1. The lowest BCUT2D eigenvalue weighted by Gasteiger charge is -2.22. The van der Waals surface area contributed by atoms with Crippen LogP contribution in [0.2, 0.25) is 0 Å². The SMILES string of the molecule is COc1cc(Cc2ccc(C(F)(F)F)cc2)nn1-c1ccc(OCC(=O)NCC2CCCCO2)cc1. The summed E-state index contributed by atoms with van der Waals surface area (Å²) < 4.78 is 56.6. The molecule has 3 aromatic rings. The maximum absolute atomic E-state index is 12.8. The van der Waals surface area contributed by atoms with Gasteiger partial charge in [-0.05, 0) is 61.2 Å². The molecule has 1 aliphatic heterocycles. The number of carbonyl (C=O) groups excluding carboxylic acids is 1. The fraction of sp³-hybridized carbons (Fsp3) is 0.385. The molecule has 7 nitrogen and oxygen atoms in total. The van der Waals surface area contributed by atoms with Crippen LogP contribution in [0.25, 0.3) is 5.69 Å². The lowest BCUT2D eigenvalue weighted by Crippen LogP contribution is -2.37. The Morgan fingerprint density at radius 3 is 2.53 bits per heavy atom. The monoisotopic (exact) mass is 503 g/mol. The van der Waals surface area contributed by atoms with Crippen molar-refractivity contribution in [2.45, 2.75) is 38.0 Å². The largest absolute Gasteiger partial charge is 0.484 e. The Labute approximate surface area is 207 Å². The van der Waals surface area contributed by atoms with Crippen LogP contribution in [0.15, 0.2) is 54.6 Å². The molecule has 0 saturated carbocycles. The molecule has 1 unspecified atom stereocenters. The molecule has 2 heterocycles. The van der Waals surface area contributed by atoms with Crippen molar-refractivity contribution < 1.29 is 32.2 Å². The molecule has 0 spiro atoms. The van der Waals surface area contributed by atoms with Crippen molar-refractivity contribution in [3.63, 3.8) is 0 Å². The third-order valence-electron chi connectivity index (χ3n) is 5.86. The second-order valence-corrected chi connectivity index (χ2v) is 8.54. The maximum Gasteiger partial charge on any atom is 0.416 e. The molecule has 0 radical (unpaired) electrons. The van der Waals surface area contributed by atoms with Crippen molar-refractivity contribution in [3.05, 3.63) is 71.4 Å². The first-order valence-corrected chi connectivity index (χ1v) is 11.7. The number of alkyl halides is 3. The van der Waals surface area contributed by atoms with Gasteiger partial charge in [0.1, 0.15) is 5.75 Å². The summed E-state index contributed by atoms with van der Waals surface area (Å²) >= 11 is 0. The fourth-order valence-corrected chi connectivity index (χ4v) is 3.93. The quantitative estimate of drug-likeness (QED) is 0.464. The summed E-state index contributed by atoms with van der Waals surface area (Å²) in [5.41, 5.74) is 1.36. The molecule has 36 heavy (non-hydrogen) atoms. The molecule has 0 aliphatic carbocycles. The predicted molar refractivity (Wildman–Crippen MR) is 126 cm³/mol. The van der Waals surface area contributed by atoms with Crippen molar-refractivity contribution in [3.8, 4) is 17.3 Å². The highest BCUT2D eigenvalue weighted by molar-refractivity contribution is 5.77. The molecule has 1 aliphatic rings. The van der Waals surface area contributed by atoms with E-state index in [2.05, 4.69) is 10.4 Å². The van der Waals surface area contributed by atoms with Crippen molar-refractivity contribution in [1.29, 1.82) is 0 Å². The summed E-state index contributed by atoms with van der Waals surface area (Å²) in [5, 5.41) is 7.38. The number of aromatic nitrogens is 2. The Hall–Kier alpha value is -3.53. The zero-order valence-corrected chi connectivity index (χ0v) is 19.9. The van der Waals surface area contributed by atoms with E-state index in [-0.39, 0.29) is 18.6 Å². The van der Waals surface area contributed by atoms with Crippen molar-refractivity contribution in [2.75, 3.05) is 26.9 Å². The van der Waals surface area contributed by atoms with Gasteiger partial charge < -0.3 is 19.5 Å². The molecule has 10 heteroatoms. The van der Waals surface area contributed by atoms with Gasteiger partial charge in [0.05, 0.1) is 30.2 Å². The Kier molecular flexibility index (Phi) is 8.14. The van der Waals surface area contributed by atoms with Crippen LogP contribution in [0.4, 0.5) is 13.2 Å². The van der Waals surface area contributed by atoms with E-state index >= 15 is 0 Å². The van der Waals surface area contributed by atoms with Crippen LogP contribution in [0.3, 0.4) is 0 Å². The molecule has 4 rings (SSSR count). The van der Waals surface area contributed by atoms with E-state index in [1.54, 1.807) is 35.0 Å². The molecule has 192 valence electrons. The lowest BCUT2D eigenvalue weighted by molar-refractivity contribution is -0.137. The first-order valence-electron chi connectivity index (χ1n) is 11.7. The number of benzene rings is 2. The van der Waals surface area contributed by atoms with Crippen LogP contribution in [-0.4, -0.2) is 48.7 Å². The fourth-order valence-electron chi connectivity index (χ4n) is 3.93. The molecule has 1 atom stereocenters. The summed E-state index contributed by atoms with van der Waals surface area (Å²) in [6.45, 7) is 1.12. The average molecular weight is 504 g/mol. The van der Waals surface area contributed by atoms with Gasteiger partial charge >= 0.3 is 6.18 Å². The van der Waals surface area contributed by atoms with Crippen molar-refractivity contribution in [2.24, 2.45) is 0 Å². The molecule has 0 bridgehead atoms. The minimum Gasteiger partial charge on any atom is -0.484 e. The smallest absolute Gasteiger partial charge is 0.416 e. The van der Waals surface area contributed by atoms with E-state index < -0.39 is 11.7 Å². The van der Waals surface area contributed by atoms with E-state index in [0.717, 1.165) is 38.0 Å². The van der Waals surface area contributed by atoms with Gasteiger partial charge in [0.2, 0.25) is 5.88 Å². The second-order valence-electron chi connectivity index (χ2n) is 8.54. The Morgan fingerprint density at radius 2 is 1.89 bits per heavy atom. The van der Waals surface area contributed by atoms with Gasteiger partial charge in [0.25, 0.3) is 5.91 Å². The van der Waals surface area contributed by atoms with Gasteiger partial charge in [-0.2, -0.15) is 18.3 Å². The number of ether oxygens (including phenoxy) is 3. The van der Waals surface area contributed by atoms with Gasteiger partial charge in [-0.1, -0.05) is 12.1 Å². The molecular formula is C26H28F3N3O4. The maximum atomic E-state index is 12.8. The highest BCUT2D eigenvalue weighted by Crippen LogP contribution is 2.29. The molecule has 1 fully saturated rings. The van der Waals surface area contributed by atoms with Crippen LogP contribution in [-0.2, 0) is 22.1 Å². The first kappa shape index (κ1) is 25.6. The molecule has 1 aromatic heterocycles. The van der Waals surface area contributed by atoms with Gasteiger partial charge in [-0.15, -0.1) is 0 Å². The molecule has 1 N–H and O–H groups in total. The summed E-state index contributed by atoms with van der Waals surface area (Å²) in [5.74, 6) is 0.795. The summed E-state index contributed by atoms with van der Waals surface area (Å²) in [6, 6.07) is 13.8. The van der Waals surface area contributed by atoms with Crippen LogP contribution >= 0.6 is 0 Å². The second kappa shape index (κ2) is 11.5. The van der Waals surface area contributed by atoms with Gasteiger partial charge in [0, 0.05) is 25.6 Å². The van der Waals surface area contributed by atoms with Gasteiger partial charge in [-0.25, -0.2) is 4.68 Å². The topological polar surface area (TPSA) is 74.6 Å². The van der Waals surface area contributed by atoms with E-state index in [1.807, 2.05) is 0 Å². The van der Waals surface area contributed by atoms with Gasteiger partial charge in [-0.3, -0.25) is 4.79 Å². The van der Waals surface area contributed by atoms with Gasteiger partial charge in [0.15, 0.2) is 6.61 Å². The Balaban J connectivity index is 1.33. The Bertz CT molecular complexity index is 1140. The number of rotatable bonds is 9. The normalized spacial score (nSPS) is 15.9. The van der Waals surface area contributed by atoms with E-state index in [4.69, 9.17) is 14.2 Å². The molecular weight excluding hydrogens is 475 g/mol. The zero-order chi connectivity index (χ0) is 25.5. The highest BCUT2D eigenvalue weighted by Gasteiger charge is 2.30. The number of nitrogens with zero attached hydrogens (tertiary/aromatic N) is 2. The number of nitrogens with one attached hydrogen (secondary N) is 1. The lowest BCUT2D eigenvalue weighted by atomic mass is 10.1. The third-order valence-corrected chi connectivity index (χ3v) is 5.86. The van der Waals surface area contributed by atoms with Crippen LogP contribution in [0.1, 0.15) is 36.1 Å². The van der Waals surface area contributed by atoms with E-state index in [1.165, 1.54) is 19.2 Å². The predicted octanol–water partition coefficient (Wildman–Crippen LogP) is 4.55. The number of amides is 1. The van der Waals surface area contributed by atoms with Crippen LogP contribution < -0.4 is 14.8 Å².